The lowest BCUT2D eigenvalue weighted by Crippen LogP contribution is -2.44. The van der Waals surface area contributed by atoms with Crippen LogP contribution in [-0.4, -0.2) is 29.8 Å². The largest absolute Gasteiger partial charge is 0.370 e. The summed E-state index contributed by atoms with van der Waals surface area (Å²) in [6, 6.07) is 0. The number of nitrogens with two attached hydrogens (primary N) is 1. The minimum absolute atomic E-state index is 0.199. The highest BCUT2D eigenvalue weighted by atomic mass is 16.2. The number of rotatable bonds is 2. The van der Waals surface area contributed by atoms with Gasteiger partial charge in [0, 0.05) is 24.9 Å². The molecule has 1 fully saturated rings. The molecule has 1 aliphatic heterocycles. The molecule has 1 aliphatic rings. The first-order valence-electron chi connectivity index (χ1n) is 5.88. The number of hydrogen-bond acceptors (Lipinski definition) is 2. The molecule has 0 aliphatic carbocycles. The average molecular weight is 226 g/mol. The first-order chi connectivity index (χ1) is 7.30. The van der Waals surface area contributed by atoms with E-state index >= 15 is 0 Å². The summed E-state index contributed by atoms with van der Waals surface area (Å²) >= 11 is 0. The molecule has 4 nitrogen and oxygen atoms in total. The molecule has 0 atom stereocenters. The predicted octanol–water partition coefficient (Wildman–Crippen LogP) is 1.15. The number of carbonyl (C=O) groups is 2. The predicted molar refractivity (Wildman–Crippen MR) is 62.6 cm³/mol. The average Bonchev–Trinajstić information content (AvgIpc) is 2.15. The molecule has 1 heterocycles. The van der Waals surface area contributed by atoms with E-state index in [2.05, 4.69) is 0 Å². The van der Waals surface area contributed by atoms with E-state index in [0.29, 0.717) is 12.3 Å². The smallest absolute Gasteiger partial charge is 0.227 e. The van der Waals surface area contributed by atoms with E-state index in [1.165, 1.54) is 0 Å². The van der Waals surface area contributed by atoms with Crippen LogP contribution in [-0.2, 0) is 9.59 Å². The van der Waals surface area contributed by atoms with Crippen LogP contribution in [0.1, 0.15) is 40.0 Å². The minimum Gasteiger partial charge on any atom is -0.370 e. The molecule has 1 saturated heterocycles. The summed E-state index contributed by atoms with van der Waals surface area (Å²) in [6.07, 6.45) is 2.24. The second kappa shape index (κ2) is 4.85. The van der Waals surface area contributed by atoms with Gasteiger partial charge in [0.1, 0.15) is 0 Å². The summed E-state index contributed by atoms with van der Waals surface area (Å²) in [6.45, 7) is 7.32. The standard InChI is InChI=1S/C12H22N2O2/c1-12(2,3)11(16)14-6-4-9(5-7-14)8-10(13)15/h9H,4-8H2,1-3H3,(H2,13,15). The number of nitrogens with zero attached hydrogens (tertiary/aromatic N) is 1. The third-order valence-corrected chi connectivity index (χ3v) is 3.03. The molecule has 0 unspecified atom stereocenters. The summed E-state index contributed by atoms with van der Waals surface area (Å²) < 4.78 is 0. The Morgan fingerprint density at radius 3 is 2.12 bits per heavy atom. The van der Waals surface area contributed by atoms with Crippen LogP contribution in [0.5, 0.6) is 0 Å². The van der Waals surface area contributed by atoms with Crippen LogP contribution in [0, 0.1) is 11.3 Å². The zero-order valence-corrected chi connectivity index (χ0v) is 10.5. The van der Waals surface area contributed by atoms with Crippen LogP contribution in [0.25, 0.3) is 0 Å². The third kappa shape index (κ3) is 3.51. The number of carbonyl (C=O) groups excluding carboxylic acids is 2. The van der Waals surface area contributed by atoms with E-state index in [1.807, 2.05) is 25.7 Å². The SMILES string of the molecule is CC(C)(C)C(=O)N1CCC(CC(N)=O)CC1. The van der Waals surface area contributed by atoms with E-state index in [0.717, 1.165) is 25.9 Å². The van der Waals surface area contributed by atoms with Crippen molar-refractivity contribution in [1.29, 1.82) is 0 Å². The van der Waals surface area contributed by atoms with E-state index in [1.54, 1.807) is 0 Å². The molecule has 2 N–H and O–H groups in total. The summed E-state index contributed by atoms with van der Waals surface area (Å²) in [5, 5.41) is 0. The highest BCUT2D eigenvalue weighted by molar-refractivity contribution is 5.81. The first kappa shape index (κ1) is 13.0. The van der Waals surface area contributed by atoms with Crippen molar-refractivity contribution in [2.24, 2.45) is 17.1 Å². The Morgan fingerprint density at radius 1 is 1.25 bits per heavy atom. The Kier molecular flexibility index (Phi) is 3.94. The molecule has 0 spiro atoms. The van der Waals surface area contributed by atoms with Crippen LogP contribution in [0.15, 0.2) is 0 Å². The third-order valence-electron chi connectivity index (χ3n) is 3.03. The van der Waals surface area contributed by atoms with Gasteiger partial charge in [0.15, 0.2) is 0 Å². The second-order valence-electron chi connectivity index (χ2n) is 5.66. The van der Waals surface area contributed by atoms with Gasteiger partial charge in [0.05, 0.1) is 0 Å². The van der Waals surface area contributed by atoms with Gasteiger partial charge in [-0.15, -0.1) is 0 Å². The van der Waals surface area contributed by atoms with Crippen molar-refractivity contribution in [2.75, 3.05) is 13.1 Å². The van der Waals surface area contributed by atoms with Gasteiger partial charge in [-0.05, 0) is 18.8 Å². The van der Waals surface area contributed by atoms with Crippen molar-refractivity contribution < 1.29 is 9.59 Å². The van der Waals surface area contributed by atoms with E-state index in [9.17, 15) is 9.59 Å². The van der Waals surface area contributed by atoms with Gasteiger partial charge in [-0.1, -0.05) is 20.8 Å². The summed E-state index contributed by atoms with van der Waals surface area (Å²) in [4.78, 5) is 24.7. The molecule has 0 aromatic heterocycles. The van der Waals surface area contributed by atoms with Gasteiger partial charge in [0.25, 0.3) is 0 Å². The Bertz CT molecular complexity index is 273. The van der Waals surface area contributed by atoms with E-state index in [4.69, 9.17) is 5.73 Å². The Morgan fingerprint density at radius 2 is 1.75 bits per heavy atom. The summed E-state index contributed by atoms with van der Waals surface area (Å²) in [5.74, 6) is 0.326. The lowest BCUT2D eigenvalue weighted by atomic mass is 9.89. The lowest BCUT2D eigenvalue weighted by molar-refractivity contribution is -0.140. The van der Waals surface area contributed by atoms with Crippen LogP contribution >= 0.6 is 0 Å². The van der Waals surface area contributed by atoms with Crippen molar-refractivity contribution in [1.82, 2.24) is 4.90 Å². The van der Waals surface area contributed by atoms with Crippen LogP contribution in [0.4, 0.5) is 0 Å². The molecule has 2 amide bonds. The Labute approximate surface area is 97.2 Å². The van der Waals surface area contributed by atoms with Gasteiger partial charge < -0.3 is 10.6 Å². The second-order valence-corrected chi connectivity index (χ2v) is 5.66. The van der Waals surface area contributed by atoms with Gasteiger partial charge in [-0.2, -0.15) is 0 Å². The summed E-state index contributed by atoms with van der Waals surface area (Å²) in [5.41, 5.74) is 4.86. The van der Waals surface area contributed by atoms with E-state index in [-0.39, 0.29) is 17.2 Å². The molecule has 4 heteroatoms. The molecular formula is C12H22N2O2. The zero-order valence-electron chi connectivity index (χ0n) is 10.5. The minimum atomic E-state index is -0.309. The fourth-order valence-electron chi connectivity index (χ4n) is 2.10. The van der Waals surface area contributed by atoms with E-state index < -0.39 is 0 Å². The molecule has 92 valence electrons. The molecular weight excluding hydrogens is 204 g/mol. The Balaban J connectivity index is 2.43. The van der Waals surface area contributed by atoms with Crippen LogP contribution in [0.2, 0.25) is 0 Å². The number of likely N-dealkylation sites (tertiary alicyclic amines) is 1. The first-order valence-corrected chi connectivity index (χ1v) is 5.88. The van der Waals surface area contributed by atoms with Crippen molar-refractivity contribution in [3.05, 3.63) is 0 Å². The quantitative estimate of drug-likeness (QED) is 0.767. The highest BCUT2D eigenvalue weighted by Crippen LogP contribution is 2.24. The van der Waals surface area contributed by atoms with Crippen molar-refractivity contribution in [3.8, 4) is 0 Å². The van der Waals surface area contributed by atoms with Crippen LogP contribution < -0.4 is 5.73 Å². The van der Waals surface area contributed by atoms with Crippen LogP contribution in [0.3, 0.4) is 0 Å². The van der Waals surface area contributed by atoms with Crippen molar-refractivity contribution in [3.63, 3.8) is 0 Å². The molecule has 0 radical (unpaired) electrons. The maximum absolute atomic E-state index is 12.0. The van der Waals surface area contributed by atoms with Gasteiger partial charge >= 0.3 is 0 Å². The zero-order chi connectivity index (χ0) is 12.3. The van der Waals surface area contributed by atoms with Crippen molar-refractivity contribution >= 4 is 11.8 Å². The fraction of sp³-hybridized carbons (Fsp3) is 0.833. The number of hydrogen-bond donors (Lipinski definition) is 1. The van der Waals surface area contributed by atoms with Gasteiger partial charge in [0.2, 0.25) is 11.8 Å². The van der Waals surface area contributed by atoms with Gasteiger partial charge in [-0.3, -0.25) is 9.59 Å². The topological polar surface area (TPSA) is 63.4 Å². The number of piperidine rings is 1. The Hall–Kier alpha value is -1.06. The molecule has 0 saturated carbocycles. The van der Waals surface area contributed by atoms with Gasteiger partial charge in [-0.25, -0.2) is 0 Å². The van der Waals surface area contributed by atoms with Crippen molar-refractivity contribution in [2.45, 2.75) is 40.0 Å². The molecule has 0 bridgehead atoms. The molecule has 0 aromatic rings. The number of primary amides is 1. The maximum atomic E-state index is 12.0. The highest BCUT2D eigenvalue weighted by Gasteiger charge is 2.30. The fourth-order valence-corrected chi connectivity index (χ4v) is 2.10. The maximum Gasteiger partial charge on any atom is 0.227 e. The molecule has 16 heavy (non-hydrogen) atoms. The molecule has 1 rings (SSSR count). The lowest BCUT2D eigenvalue weighted by Gasteiger charge is -2.35. The normalized spacial score (nSPS) is 18.6. The summed E-state index contributed by atoms with van der Waals surface area (Å²) in [7, 11) is 0. The number of amides is 2. The monoisotopic (exact) mass is 226 g/mol. The molecule has 0 aromatic carbocycles.